The molecule has 0 saturated carbocycles. The first kappa shape index (κ1) is 32.0. The molecule has 0 N–H and O–H groups in total. The Hall–Kier alpha value is -1.06. The number of methoxy groups -OCH3 is 1. The molecular weight excluding hydrogens is 518 g/mol. The van der Waals surface area contributed by atoms with Crippen LogP contribution in [0.5, 0.6) is 5.75 Å². The van der Waals surface area contributed by atoms with Crippen molar-refractivity contribution < 1.29 is 101 Å². The maximum atomic E-state index is 12.8. The minimum Gasteiger partial charge on any atom is -0.744 e. The molecule has 35 heavy (non-hydrogen) atoms. The van der Waals surface area contributed by atoms with Gasteiger partial charge in [0.2, 0.25) is 0 Å². The Balaban J connectivity index is 0.00000306. The molecule has 0 aliphatic heterocycles. The van der Waals surface area contributed by atoms with Crippen molar-refractivity contribution in [2.45, 2.75) is 16.7 Å². The second-order valence-electron chi connectivity index (χ2n) is 6.76. The summed E-state index contributed by atoms with van der Waals surface area (Å²) in [5, 5.41) is 13.4. The summed E-state index contributed by atoms with van der Waals surface area (Å²) in [6.45, 7) is 1.77. The Labute approximate surface area is 250 Å². The van der Waals surface area contributed by atoms with Crippen LogP contribution in [0.2, 0.25) is 0 Å². The third kappa shape index (κ3) is 7.96. The third-order valence-electron chi connectivity index (χ3n) is 4.71. The Morgan fingerprint density at radius 1 is 0.829 bits per heavy atom. The molecule has 0 spiro atoms. The number of rotatable bonds is 9. The van der Waals surface area contributed by atoms with Gasteiger partial charge in [-0.05, 0) is 36.8 Å². The van der Waals surface area contributed by atoms with E-state index < -0.39 is 20.8 Å². The van der Waals surface area contributed by atoms with Crippen LogP contribution in [0.25, 0.3) is 0 Å². The van der Waals surface area contributed by atoms with Crippen molar-refractivity contribution in [1.82, 2.24) is 0 Å². The largest absolute Gasteiger partial charge is 1.00 e. The zero-order chi connectivity index (χ0) is 24.2. The first-order valence-electron chi connectivity index (χ1n) is 9.23. The monoisotopic (exact) mass is 534 g/mol. The quantitative estimate of drug-likeness (QED) is 0.0681. The minimum absolute atomic E-state index is 0. The summed E-state index contributed by atoms with van der Waals surface area (Å²) < 4.78 is 43.6. The van der Waals surface area contributed by atoms with Gasteiger partial charge in [0, 0.05) is 27.1 Å². The summed E-state index contributed by atoms with van der Waals surface area (Å²) in [5.41, 5.74) is 1.56. The molecule has 3 aromatic carbocycles. The summed E-state index contributed by atoms with van der Waals surface area (Å²) in [4.78, 5) is 25.5. The standard InChI is InChI=1S/C22H18O9S2.2Na/c1-13-3-4-16(11-19(13)32-31-30-25)21(23)14-5-7-15(8-6-14)22(24)17-9-10-18(29-2)20(12-17)33(26,27)28;;/h3-12,25H,1-2H3,(H,26,27,28);;/q;2*+1/p-2. The molecule has 0 radical (unpaired) electrons. The molecule has 0 amide bonds. The van der Waals surface area contributed by atoms with Gasteiger partial charge in [0.15, 0.2) is 11.6 Å². The Morgan fingerprint density at radius 2 is 1.31 bits per heavy atom. The van der Waals surface area contributed by atoms with E-state index in [-0.39, 0.29) is 81.8 Å². The van der Waals surface area contributed by atoms with Crippen LogP contribution >= 0.6 is 12.0 Å². The van der Waals surface area contributed by atoms with Gasteiger partial charge in [-0.3, -0.25) is 14.6 Å². The fourth-order valence-electron chi connectivity index (χ4n) is 3.00. The van der Waals surface area contributed by atoms with Gasteiger partial charge < -0.3 is 14.5 Å². The molecule has 0 aliphatic rings. The first-order chi connectivity index (χ1) is 15.7. The van der Waals surface area contributed by atoms with Crippen molar-refractivity contribution in [3.63, 3.8) is 0 Å². The maximum absolute atomic E-state index is 12.8. The van der Waals surface area contributed by atoms with Crippen LogP contribution in [-0.4, -0.2) is 31.6 Å². The number of benzene rings is 3. The number of carbonyl (C=O) groups excluding carboxylic acids is 2. The Kier molecular flexibility index (Phi) is 12.8. The van der Waals surface area contributed by atoms with Gasteiger partial charge in [-0.15, -0.1) is 0 Å². The predicted octanol–water partition coefficient (Wildman–Crippen LogP) is -3.39. The summed E-state index contributed by atoms with van der Waals surface area (Å²) in [6, 6.07) is 14.1. The minimum atomic E-state index is -4.85. The molecular formula is C22H16Na2O9S2. The number of ether oxygens (including phenoxy) is 1. The van der Waals surface area contributed by atoms with Crippen LogP contribution in [-0.2, 0) is 19.5 Å². The van der Waals surface area contributed by atoms with Gasteiger partial charge in [0.25, 0.3) is 0 Å². The van der Waals surface area contributed by atoms with Crippen molar-refractivity contribution in [2.24, 2.45) is 0 Å². The van der Waals surface area contributed by atoms with Crippen molar-refractivity contribution >= 4 is 33.7 Å². The molecule has 3 rings (SSSR count). The van der Waals surface area contributed by atoms with Crippen LogP contribution in [0, 0.1) is 6.92 Å². The van der Waals surface area contributed by atoms with Crippen LogP contribution in [0.15, 0.2) is 70.5 Å². The van der Waals surface area contributed by atoms with Gasteiger partial charge in [-0.25, -0.2) is 8.42 Å². The van der Waals surface area contributed by atoms with Crippen LogP contribution in [0.1, 0.15) is 37.4 Å². The van der Waals surface area contributed by atoms with Crippen molar-refractivity contribution in [2.75, 3.05) is 7.11 Å². The molecule has 13 heteroatoms. The van der Waals surface area contributed by atoms with Gasteiger partial charge in [0.1, 0.15) is 15.9 Å². The number of ketones is 2. The number of aryl methyl sites for hydroxylation is 1. The molecule has 172 valence electrons. The van der Waals surface area contributed by atoms with E-state index in [2.05, 4.69) is 9.37 Å². The van der Waals surface area contributed by atoms with Gasteiger partial charge >= 0.3 is 59.1 Å². The van der Waals surface area contributed by atoms with E-state index in [9.17, 15) is 27.8 Å². The first-order valence-corrected chi connectivity index (χ1v) is 11.4. The molecule has 0 saturated heterocycles. The molecule has 0 unspecified atom stereocenters. The summed E-state index contributed by atoms with van der Waals surface area (Å²) >= 11 is 0.678. The van der Waals surface area contributed by atoms with E-state index in [1.165, 1.54) is 43.5 Å². The van der Waals surface area contributed by atoms with Gasteiger partial charge in [0.05, 0.1) is 24.0 Å². The Morgan fingerprint density at radius 3 is 1.80 bits per heavy atom. The molecule has 0 bridgehead atoms. The number of hydrogen-bond acceptors (Lipinski definition) is 10. The molecule has 0 heterocycles. The third-order valence-corrected chi connectivity index (χ3v) is 6.31. The van der Waals surface area contributed by atoms with E-state index >= 15 is 0 Å². The molecule has 0 aliphatic carbocycles. The zero-order valence-electron chi connectivity index (χ0n) is 19.3. The van der Waals surface area contributed by atoms with E-state index in [0.717, 1.165) is 11.6 Å². The van der Waals surface area contributed by atoms with Crippen molar-refractivity contribution in [3.05, 3.63) is 88.5 Å². The average Bonchev–Trinajstić information content (AvgIpc) is 2.81. The van der Waals surface area contributed by atoms with Gasteiger partial charge in [-0.2, -0.15) is 4.33 Å². The van der Waals surface area contributed by atoms with Crippen molar-refractivity contribution in [1.29, 1.82) is 0 Å². The van der Waals surface area contributed by atoms with E-state index in [1.807, 2.05) is 0 Å². The van der Waals surface area contributed by atoms with E-state index in [0.29, 0.717) is 28.1 Å². The molecule has 0 atom stereocenters. The van der Waals surface area contributed by atoms with Crippen molar-refractivity contribution in [3.8, 4) is 5.75 Å². The SMILES string of the molecule is COc1ccc(C(=O)c2ccc(C(=O)c3ccc(C)c(SOO[O-])c3)cc2)cc1S(=O)(=O)[O-].[Na+].[Na+]. The zero-order valence-corrected chi connectivity index (χ0v) is 24.9. The van der Waals surface area contributed by atoms with Gasteiger partial charge in [-0.1, -0.05) is 36.4 Å². The number of carbonyl (C=O) groups is 2. The average molecular weight is 534 g/mol. The second-order valence-corrected chi connectivity index (χ2v) is 8.85. The van der Waals surface area contributed by atoms with E-state index in [4.69, 9.17) is 4.74 Å². The summed E-state index contributed by atoms with van der Waals surface area (Å²) in [7, 11) is -3.64. The summed E-state index contributed by atoms with van der Waals surface area (Å²) in [5.74, 6) is -1.03. The smallest absolute Gasteiger partial charge is 0.744 e. The molecule has 9 nitrogen and oxygen atoms in total. The van der Waals surface area contributed by atoms with Crippen LogP contribution in [0.3, 0.4) is 0 Å². The molecule has 0 aromatic heterocycles. The normalized spacial score (nSPS) is 10.6. The fourth-order valence-corrected chi connectivity index (χ4v) is 4.15. The second kappa shape index (κ2) is 14.0. The van der Waals surface area contributed by atoms with Crippen LogP contribution < -0.4 is 69.1 Å². The van der Waals surface area contributed by atoms with E-state index in [1.54, 1.807) is 25.1 Å². The predicted molar refractivity (Wildman–Crippen MR) is 113 cm³/mol. The fraction of sp³-hybridized carbons (Fsp3) is 0.0909. The topological polar surface area (TPSA) is 142 Å². The number of hydrogen-bond donors (Lipinski definition) is 0. The van der Waals surface area contributed by atoms with Crippen LogP contribution in [0.4, 0.5) is 0 Å². The molecule has 0 fully saturated rings. The summed E-state index contributed by atoms with van der Waals surface area (Å²) in [6.07, 6.45) is 0. The maximum Gasteiger partial charge on any atom is 1.00 e. The molecule has 3 aromatic rings. The Bertz CT molecular complexity index is 1310.